The quantitative estimate of drug-likeness (QED) is 0.374. The molecule has 0 N–H and O–H groups in total. The van der Waals surface area contributed by atoms with Crippen molar-refractivity contribution in [2.75, 3.05) is 0 Å². The van der Waals surface area contributed by atoms with Crippen LogP contribution >= 0.6 is 39.0 Å². The minimum absolute atomic E-state index is 0.0672. The molecule has 0 unspecified atom stereocenters. The van der Waals surface area contributed by atoms with Gasteiger partial charge in [0, 0.05) is 34.4 Å². The second kappa shape index (κ2) is 8.46. The van der Waals surface area contributed by atoms with Crippen LogP contribution in [0.5, 0.6) is 5.75 Å². The maximum absolute atomic E-state index is 12.1. The van der Waals surface area contributed by atoms with E-state index in [1.165, 1.54) is 23.1 Å². The molecule has 0 spiro atoms. The van der Waals surface area contributed by atoms with Crippen molar-refractivity contribution in [3.8, 4) is 5.75 Å². The Bertz CT molecular complexity index is 1150. The third kappa shape index (κ3) is 4.13. The molecule has 0 saturated heterocycles. The summed E-state index contributed by atoms with van der Waals surface area (Å²) in [6, 6.07) is 9.23. The van der Waals surface area contributed by atoms with Gasteiger partial charge in [-0.1, -0.05) is 27.7 Å². The molecule has 7 nitrogen and oxygen atoms in total. The lowest BCUT2D eigenvalue weighted by Gasteiger charge is -2.09. The number of thioether (sulfide) groups is 1. The summed E-state index contributed by atoms with van der Waals surface area (Å²) in [5, 5.41) is 11.2. The van der Waals surface area contributed by atoms with Crippen molar-refractivity contribution in [3.63, 3.8) is 0 Å². The number of hydrogen-bond donors (Lipinski definition) is 0. The molecule has 4 aromatic rings. The van der Waals surface area contributed by atoms with E-state index < -0.39 is 0 Å². The van der Waals surface area contributed by atoms with Crippen molar-refractivity contribution >= 4 is 44.0 Å². The van der Waals surface area contributed by atoms with Gasteiger partial charge in [-0.3, -0.25) is 9.20 Å². The van der Waals surface area contributed by atoms with E-state index in [0.717, 1.165) is 33.4 Å². The molecule has 10 heteroatoms. The maximum atomic E-state index is 12.1. The first-order valence-electron chi connectivity index (χ1n) is 8.53. The lowest BCUT2D eigenvalue weighted by atomic mass is 10.3. The molecule has 0 amide bonds. The third-order valence-electron chi connectivity index (χ3n) is 4.00. The zero-order valence-electron chi connectivity index (χ0n) is 14.9. The molecule has 0 aliphatic rings. The van der Waals surface area contributed by atoms with Crippen LogP contribution in [0.15, 0.2) is 56.3 Å². The molecule has 28 heavy (non-hydrogen) atoms. The lowest BCUT2D eigenvalue weighted by molar-refractivity contribution is 0.288. The highest BCUT2D eigenvalue weighted by molar-refractivity contribution is 9.10. The summed E-state index contributed by atoms with van der Waals surface area (Å²) in [4.78, 5) is 17.3. The molecule has 3 heterocycles. The molecule has 0 radical (unpaired) electrons. The first-order valence-corrected chi connectivity index (χ1v) is 11.2. The number of hydrogen-bond acceptors (Lipinski definition) is 7. The summed E-state index contributed by atoms with van der Waals surface area (Å²) in [6.45, 7) is 3.11. The average molecular weight is 478 g/mol. The molecule has 3 aromatic heterocycles. The predicted molar refractivity (Wildman–Crippen MR) is 113 cm³/mol. The SMILES string of the molecule is CCn1c(COc2ccc(Br)cc2)nnc1SCc1cc(=O)n2ccsc2n1. The molecule has 4 rings (SSSR count). The van der Waals surface area contributed by atoms with E-state index in [-0.39, 0.29) is 5.56 Å². The predicted octanol–water partition coefficient (Wildman–Crippen LogP) is 4.00. The van der Waals surface area contributed by atoms with Gasteiger partial charge in [0.25, 0.3) is 5.56 Å². The second-order valence-electron chi connectivity index (χ2n) is 5.82. The van der Waals surface area contributed by atoms with Crippen molar-refractivity contribution < 1.29 is 4.74 Å². The molecule has 0 atom stereocenters. The van der Waals surface area contributed by atoms with Crippen molar-refractivity contribution in [3.05, 3.63) is 68.3 Å². The van der Waals surface area contributed by atoms with Gasteiger partial charge in [0.1, 0.15) is 12.4 Å². The van der Waals surface area contributed by atoms with Crippen LogP contribution in [0.25, 0.3) is 4.96 Å². The second-order valence-corrected chi connectivity index (χ2v) is 8.55. The number of ether oxygens (including phenoxy) is 1. The summed E-state index contributed by atoms with van der Waals surface area (Å²) >= 11 is 6.36. The van der Waals surface area contributed by atoms with E-state index in [0.29, 0.717) is 17.3 Å². The largest absolute Gasteiger partial charge is 0.486 e. The fourth-order valence-corrected chi connectivity index (χ4v) is 4.55. The Morgan fingerprint density at radius 1 is 1.25 bits per heavy atom. The number of rotatable bonds is 7. The summed E-state index contributed by atoms with van der Waals surface area (Å²) in [5.41, 5.74) is 0.665. The van der Waals surface area contributed by atoms with Crippen LogP contribution in [0.4, 0.5) is 0 Å². The minimum atomic E-state index is -0.0672. The summed E-state index contributed by atoms with van der Waals surface area (Å²) in [7, 11) is 0. The van der Waals surface area contributed by atoms with Gasteiger partial charge in [0.15, 0.2) is 15.9 Å². The molecular formula is C18H16BrN5O2S2. The van der Waals surface area contributed by atoms with Gasteiger partial charge in [-0.05, 0) is 31.2 Å². The average Bonchev–Trinajstić information content (AvgIpc) is 3.32. The van der Waals surface area contributed by atoms with Gasteiger partial charge in [0.05, 0.1) is 5.69 Å². The Kier molecular flexibility index (Phi) is 5.79. The smallest absolute Gasteiger partial charge is 0.258 e. The fourth-order valence-electron chi connectivity index (χ4n) is 2.63. The number of aromatic nitrogens is 5. The van der Waals surface area contributed by atoms with Crippen LogP contribution < -0.4 is 10.3 Å². The highest BCUT2D eigenvalue weighted by Crippen LogP contribution is 2.23. The highest BCUT2D eigenvalue weighted by Gasteiger charge is 2.13. The Morgan fingerprint density at radius 3 is 2.86 bits per heavy atom. The molecule has 0 bridgehead atoms. The summed E-state index contributed by atoms with van der Waals surface area (Å²) < 4.78 is 10.4. The standard InChI is InChI=1S/C18H16BrN5O2S2/c1-2-23-15(10-26-14-5-3-12(19)4-6-14)21-22-18(23)28-11-13-9-16(25)24-7-8-27-17(24)20-13/h3-9H,2,10-11H2,1H3. The molecule has 144 valence electrons. The highest BCUT2D eigenvalue weighted by atomic mass is 79.9. The van der Waals surface area contributed by atoms with E-state index in [1.807, 2.05) is 41.1 Å². The van der Waals surface area contributed by atoms with Gasteiger partial charge in [-0.15, -0.1) is 21.5 Å². The first kappa shape index (κ1) is 19.2. The van der Waals surface area contributed by atoms with Crippen molar-refractivity contribution in [1.82, 2.24) is 24.1 Å². The molecule has 0 aliphatic carbocycles. The Balaban J connectivity index is 1.45. The Hall–Kier alpha value is -2.17. The number of fused-ring (bicyclic) bond motifs is 1. The van der Waals surface area contributed by atoms with Crippen molar-refractivity contribution in [2.45, 2.75) is 31.0 Å². The van der Waals surface area contributed by atoms with Crippen LogP contribution in [-0.4, -0.2) is 24.1 Å². The maximum Gasteiger partial charge on any atom is 0.258 e. The van der Waals surface area contributed by atoms with E-state index in [2.05, 4.69) is 31.1 Å². The molecule has 0 saturated carbocycles. The zero-order chi connectivity index (χ0) is 19.5. The van der Waals surface area contributed by atoms with Crippen LogP contribution in [0.2, 0.25) is 0 Å². The third-order valence-corrected chi connectivity index (χ3v) is 6.28. The monoisotopic (exact) mass is 477 g/mol. The topological polar surface area (TPSA) is 74.3 Å². The molecule has 0 aliphatic heterocycles. The van der Waals surface area contributed by atoms with Gasteiger partial charge >= 0.3 is 0 Å². The van der Waals surface area contributed by atoms with E-state index in [9.17, 15) is 4.79 Å². The zero-order valence-corrected chi connectivity index (χ0v) is 18.1. The molecular weight excluding hydrogens is 462 g/mol. The minimum Gasteiger partial charge on any atom is -0.486 e. The van der Waals surface area contributed by atoms with Gasteiger partial charge in [-0.2, -0.15) is 0 Å². The summed E-state index contributed by atoms with van der Waals surface area (Å²) in [5.74, 6) is 2.08. The number of nitrogens with zero attached hydrogens (tertiary/aromatic N) is 5. The van der Waals surface area contributed by atoms with Crippen molar-refractivity contribution in [1.29, 1.82) is 0 Å². The van der Waals surface area contributed by atoms with Gasteiger partial charge < -0.3 is 9.30 Å². The number of halogens is 1. The van der Waals surface area contributed by atoms with E-state index >= 15 is 0 Å². The van der Waals surface area contributed by atoms with Crippen molar-refractivity contribution in [2.24, 2.45) is 0 Å². The first-order chi connectivity index (χ1) is 13.6. The van der Waals surface area contributed by atoms with Gasteiger partial charge in [0.2, 0.25) is 0 Å². The Labute approximate surface area is 177 Å². The molecule has 1 aromatic carbocycles. The lowest BCUT2D eigenvalue weighted by Crippen LogP contribution is -2.12. The van der Waals surface area contributed by atoms with Crippen LogP contribution in [0, 0.1) is 0 Å². The molecule has 0 fully saturated rings. The van der Waals surface area contributed by atoms with Crippen LogP contribution in [0.1, 0.15) is 18.4 Å². The normalized spacial score (nSPS) is 11.2. The van der Waals surface area contributed by atoms with Crippen LogP contribution in [0.3, 0.4) is 0 Å². The van der Waals surface area contributed by atoms with E-state index in [4.69, 9.17) is 4.74 Å². The summed E-state index contributed by atoms with van der Waals surface area (Å²) in [6.07, 6.45) is 1.73. The Morgan fingerprint density at radius 2 is 2.07 bits per heavy atom. The number of benzene rings is 1. The van der Waals surface area contributed by atoms with Gasteiger partial charge in [-0.25, -0.2) is 4.98 Å². The number of thiazole rings is 1. The van der Waals surface area contributed by atoms with Crippen LogP contribution in [-0.2, 0) is 18.9 Å². The fraction of sp³-hybridized carbons (Fsp3) is 0.222. The van der Waals surface area contributed by atoms with E-state index in [1.54, 1.807) is 16.7 Å².